The van der Waals surface area contributed by atoms with E-state index in [2.05, 4.69) is 20.3 Å². The zero-order chi connectivity index (χ0) is 21.3. The monoisotopic (exact) mass is 403 g/mol. The van der Waals surface area contributed by atoms with E-state index in [1.165, 1.54) is 12.1 Å². The Morgan fingerprint density at radius 2 is 1.73 bits per heavy atom. The number of nitrogens with zero attached hydrogens (tertiary/aromatic N) is 2. The van der Waals surface area contributed by atoms with Gasteiger partial charge in [0.05, 0.1) is 11.7 Å². The second-order valence-electron chi connectivity index (χ2n) is 7.47. The summed E-state index contributed by atoms with van der Waals surface area (Å²) in [5.41, 5.74) is 10.1. The van der Waals surface area contributed by atoms with Crippen LogP contribution in [0, 0.1) is 11.7 Å². The Labute approximate surface area is 173 Å². The standard InChI is InChI=1S/C23H22FN5O/c1-13(2)20(25)23(30)28-18-8-7-17-19(14-9-11-26-12-10-14)21(29-22(17)27-18)15-3-5-16(24)6-4-15/h3-13,20H,25H2,1-2H3,(H2,27,28,29,30). The molecule has 7 heteroatoms. The molecule has 1 amide bonds. The van der Waals surface area contributed by atoms with Crippen LogP contribution in [0.5, 0.6) is 0 Å². The van der Waals surface area contributed by atoms with E-state index in [-0.39, 0.29) is 17.6 Å². The Hall–Kier alpha value is -3.58. The Kier molecular flexibility index (Phi) is 5.29. The number of amides is 1. The van der Waals surface area contributed by atoms with Crippen LogP contribution in [0.15, 0.2) is 60.9 Å². The predicted octanol–water partition coefficient (Wildman–Crippen LogP) is 4.35. The fraction of sp³-hybridized carbons (Fsp3) is 0.174. The van der Waals surface area contributed by atoms with Gasteiger partial charge in [-0.1, -0.05) is 13.8 Å². The molecule has 152 valence electrons. The summed E-state index contributed by atoms with van der Waals surface area (Å²) in [6.45, 7) is 3.78. The molecule has 0 aliphatic rings. The number of rotatable bonds is 5. The van der Waals surface area contributed by atoms with Crippen LogP contribution >= 0.6 is 0 Å². The number of anilines is 1. The van der Waals surface area contributed by atoms with Gasteiger partial charge in [0.15, 0.2) is 0 Å². The number of carbonyl (C=O) groups is 1. The number of fused-ring (bicyclic) bond motifs is 1. The summed E-state index contributed by atoms with van der Waals surface area (Å²) in [5, 5.41) is 3.66. The maximum atomic E-state index is 13.4. The molecular weight excluding hydrogens is 381 g/mol. The largest absolute Gasteiger partial charge is 0.339 e. The van der Waals surface area contributed by atoms with E-state index in [4.69, 9.17) is 5.73 Å². The quantitative estimate of drug-likeness (QED) is 0.461. The summed E-state index contributed by atoms with van der Waals surface area (Å²) >= 11 is 0. The van der Waals surface area contributed by atoms with Crippen molar-refractivity contribution < 1.29 is 9.18 Å². The minimum atomic E-state index is -0.617. The smallest absolute Gasteiger partial charge is 0.242 e. The van der Waals surface area contributed by atoms with Gasteiger partial charge >= 0.3 is 0 Å². The van der Waals surface area contributed by atoms with Crippen LogP contribution in [0.1, 0.15) is 13.8 Å². The number of benzene rings is 1. The molecule has 0 fully saturated rings. The van der Waals surface area contributed by atoms with Gasteiger partial charge in [-0.05, 0) is 65.6 Å². The zero-order valence-corrected chi connectivity index (χ0v) is 16.7. The lowest BCUT2D eigenvalue weighted by Gasteiger charge is -2.14. The summed E-state index contributed by atoms with van der Waals surface area (Å²) in [6, 6.07) is 13.1. The molecule has 0 saturated heterocycles. The molecule has 1 unspecified atom stereocenters. The molecule has 4 rings (SSSR count). The van der Waals surface area contributed by atoms with Crippen molar-refractivity contribution >= 4 is 22.8 Å². The summed E-state index contributed by atoms with van der Waals surface area (Å²) in [7, 11) is 0. The molecule has 4 aromatic rings. The summed E-state index contributed by atoms with van der Waals surface area (Å²) < 4.78 is 13.4. The molecule has 0 saturated carbocycles. The Bertz CT molecular complexity index is 1190. The van der Waals surface area contributed by atoms with E-state index in [9.17, 15) is 9.18 Å². The molecular formula is C23H22FN5O. The van der Waals surface area contributed by atoms with Crippen LogP contribution in [0.2, 0.25) is 0 Å². The first kappa shape index (κ1) is 19.7. The number of carbonyl (C=O) groups excluding carboxylic acids is 1. The van der Waals surface area contributed by atoms with Gasteiger partial charge < -0.3 is 16.0 Å². The zero-order valence-electron chi connectivity index (χ0n) is 16.7. The lowest BCUT2D eigenvalue weighted by molar-refractivity contribution is -0.118. The molecule has 1 aromatic carbocycles. The predicted molar refractivity (Wildman–Crippen MR) is 116 cm³/mol. The Balaban J connectivity index is 1.82. The van der Waals surface area contributed by atoms with Gasteiger partial charge in [-0.25, -0.2) is 9.37 Å². The van der Waals surface area contributed by atoms with E-state index >= 15 is 0 Å². The number of pyridine rings is 2. The van der Waals surface area contributed by atoms with Crippen LogP contribution in [0.3, 0.4) is 0 Å². The molecule has 0 aliphatic heterocycles. The number of hydrogen-bond donors (Lipinski definition) is 3. The molecule has 3 heterocycles. The number of hydrogen-bond acceptors (Lipinski definition) is 4. The maximum absolute atomic E-state index is 13.4. The SMILES string of the molecule is CC(C)C(N)C(=O)Nc1ccc2c(-c3ccncc3)c(-c3ccc(F)cc3)[nH]c2n1. The van der Waals surface area contributed by atoms with Crippen LogP contribution in [-0.4, -0.2) is 26.9 Å². The highest BCUT2D eigenvalue weighted by Crippen LogP contribution is 2.38. The third-order valence-corrected chi connectivity index (χ3v) is 5.03. The minimum Gasteiger partial charge on any atom is -0.339 e. The van der Waals surface area contributed by atoms with Gasteiger partial charge in [-0.15, -0.1) is 0 Å². The molecule has 0 aliphatic carbocycles. The third kappa shape index (κ3) is 3.79. The van der Waals surface area contributed by atoms with Crippen molar-refractivity contribution in [3.63, 3.8) is 0 Å². The van der Waals surface area contributed by atoms with Crippen molar-refractivity contribution in [2.75, 3.05) is 5.32 Å². The van der Waals surface area contributed by atoms with Crippen molar-refractivity contribution in [1.82, 2.24) is 15.0 Å². The van der Waals surface area contributed by atoms with E-state index in [0.717, 1.165) is 27.8 Å². The average Bonchev–Trinajstić information content (AvgIpc) is 3.12. The van der Waals surface area contributed by atoms with Gasteiger partial charge in [-0.2, -0.15) is 0 Å². The van der Waals surface area contributed by atoms with Gasteiger partial charge in [0.2, 0.25) is 5.91 Å². The van der Waals surface area contributed by atoms with E-state index in [1.807, 2.05) is 32.0 Å². The third-order valence-electron chi connectivity index (χ3n) is 5.03. The van der Waals surface area contributed by atoms with Crippen molar-refractivity contribution in [2.24, 2.45) is 11.7 Å². The molecule has 4 N–H and O–H groups in total. The molecule has 0 radical (unpaired) electrons. The average molecular weight is 403 g/mol. The second-order valence-corrected chi connectivity index (χ2v) is 7.47. The number of aromatic nitrogens is 3. The van der Waals surface area contributed by atoms with Crippen molar-refractivity contribution in [2.45, 2.75) is 19.9 Å². The molecule has 30 heavy (non-hydrogen) atoms. The van der Waals surface area contributed by atoms with Gasteiger partial charge in [0, 0.05) is 23.3 Å². The molecule has 1 atom stereocenters. The highest BCUT2D eigenvalue weighted by atomic mass is 19.1. The molecule has 3 aromatic heterocycles. The second kappa shape index (κ2) is 8.04. The van der Waals surface area contributed by atoms with Gasteiger partial charge in [0.1, 0.15) is 17.3 Å². The summed E-state index contributed by atoms with van der Waals surface area (Å²) in [6.07, 6.45) is 3.44. The summed E-state index contributed by atoms with van der Waals surface area (Å²) in [4.78, 5) is 24.3. The normalized spacial score (nSPS) is 12.3. The Morgan fingerprint density at radius 3 is 2.40 bits per heavy atom. The number of aromatic amines is 1. The topological polar surface area (TPSA) is 96.7 Å². The lowest BCUT2D eigenvalue weighted by Crippen LogP contribution is -2.39. The highest BCUT2D eigenvalue weighted by Gasteiger charge is 2.20. The minimum absolute atomic E-state index is 0.0163. The van der Waals surface area contributed by atoms with E-state index < -0.39 is 6.04 Å². The first-order valence-corrected chi connectivity index (χ1v) is 9.69. The molecule has 0 bridgehead atoms. The van der Waals surface area contributed by atoms with Crippen LogP contribution in [0.4, 0.5) is 10.2 Å². The van der Waals surface area contributed by atoms with E-state index in [1.54, 1.807) is 30.6 Å². The van der Waals surface area contributed by atoms with Crippen LogP contribution < -0.4 is 11.1 Å². The number of halogens is 1. The molecule has 0 spiro atoms. The Morgan fingerprint density at radius 1 is 1.03 bits per heavy atom. The number of nitrogens with two attached hydrogens (primary N) is 1. The van der Waals surface area contributed by atoms with Crippen molar-refractivity contribution in [1.29, 1.82) is 0 Å². The van der Waals surface area contributed by atoms with E-state index in [0.29, 0.717) is 11.5 Å². The van der Waals surface area contributed by atoms with Gasteiger partial charge in [0.25, 0.3) is 0 Å². The lowest BCUT2D eigenvalue weighted by atomic mass is 10.00. The van der Waals surface area contributed by atoms with Crippen LogP contribution in [0.25, 0.3) is 33.4 Å². The first-order valence-electron chi connectivity index (χ1n) is 9.69. The maximum Gasteiger partial charge on any atom is 0.242 e. The fourth-order valence-electron chi connectivity index (χ4n) is 3.31. The summed E-state index contributed by atoms with van der Waals surface area (Å²) in [5.74, 6) is -0.152. The fourth-order valence-corrected chi connectivity index (χ4v) is 3.31. The first-order chi connectivity index (χ1) is 14.4. The number of nitrogens with one attached hydrogen (secondary N) is 2. The number of H-pyrrole nitrogens is 1. The van der Waals surface area contributed by atoms with Crippen molar-refractivity contribution in [3.05, 3.63) is 66.7 Å². The highest BCUT2D eigenvalue weighted by molar-refractivity contribution is 6.03. The van der Waals surface area contributed by atoms with Gasteiger partial charge in [-0.3, -0.25) is 9.78 Å². The van der Waals surface area contributed by atoms with Crippen molar-refractivity contribution in [3.8, 4) is 22.4 Å². The molecule has 6 nitrogen and oxygen atoms in total. The van der Waals surface area contributed by atoms with Crippen LogP contribution in [-0.2, 0) is 4.79 Å².